The molecule has 2 rings (SSSR count). The normalized spacial score (nSPS) is 12.8. The molecule has 0 saturated heterocycles. The fourth-order valence-corrected chi connectivity index (χ4v) is 4.84. The fourth-order valence-electron chi connectivity index (χ4n) is 2.22. The van der Waals surface area contributed by atoms with Crippen molar-refractivity contribution in [1.29, 1.82) is 0 Å². The molecule has 0 N–H and O–H groups in total. The van der Waals surface area contributed by atoms with Crippen molar-refractivity contribution >= 4 is 54.8 Å². The molecule has 0 amide bonds. The van der Waals surface area contributed by atoms with Crippen LogP contribution in [0.15, 0.2) is 26.5 Å². The van der Waals surface area contributed by atoms with Crippen molar-refractivity contribution < 1.29 is 0 Å². The van der Waals surface area contributed by atoms with E-state index in [9.17, 15) is 0 Å². The Bertz CT molecular complexity index is 547. The van der Waals surface area contributed by atoms with E-state index in [4.69, 9.17) is 11.6 Å². The van der Waals surface area contributed by atoms with Crippen molar-refractivity contribution in [3.63, 3.8) is 0 Å². The first-order chi connectivity index (χ1) is 8.40. The lowest BCUT2D eigenvalue weighted by molar-refractivity contribution is 1.10. The smallest absolute Gasteiger partial charge is 0.0933 e. The van der Waals surface area contributed by atoms with E-state index in [1.54, 1.807) is 11.3 Å². The lowest BCUT2D eigenvalue weighted by Gasteiger charge is -2.15. The molecule has 96 valence electrons. The van der Waals surface area contributed by atoms with Gasteiger partial charge in [0.15, 0.2) is 0 Å². The molecular weight excluding hydrogens is 395 g/mol. The van der Waals surface area contributed by atoms with E-state index >= 15 is 0 Å². The predicted molar refractivity (Wildman–Crippen MR) is 88.1 cm³/mol. The summed E-state index contributed by atoms with van der Waals surface area (Å²) in [5.41, 5.74) is 5.02. The molecule has 4 heteroatoms. The molecule has 0 saturated carbocycles. The molecule has 0 aliphatic carbocycles. The van der Waals surface area contributed by atoms with Gasteiger partial charge in [0.1, 0.15) is 0 Å². The zero-order chi connectivity index (χ0) is 13.4. The van der Waals surface area contributed by atoms with Gasteiger partial charge in [0.25, 0.3) is 0 Å². The minimum atomic E-state index is -0.0850. The molecule has 18 heavy (non-hydrogen) atoms. The van der Waals surface area contributed by atoms with Crippen LogP contribution in [0, 0.1) is 20.8 Å². The van der Waals surface area contributed by atoms with Crippen LogP contribution in [0.4, 0.5) is 0 Å². The third-order valence-corrected chi connectivity index (χ3v) is 6.81. The highest BCUT2D eigenvalue weighted by Crippen LogP contribution is 2.42. The molecule has 2 aromatic rings. The first-order valence-corrected chi connectivity index (χ1v) is 8.40. The summed E-state index contributed by atoms with van der Waals surface area (Å²) in [6.07, 6.45) is 0. The fraction of sp³-hybridized carbons (Fsp3) is 0.286. The van der Waals surface area contributed by atoms with Crippen molar-refractivity contribution in [2.45, 2.75) is 26.1 Å². The number of halogens is 3. The predicted octanol–water partition coefficient (Wildman–Crippen LogP) is 6.53. The molecule has 0 radical (unpaired) electrons. The van der Waals surface area contributed by atoms with Crippen LogP contribution in [0.5, 0.6) is 0 Å². The third-order valence-electron chi connectivity index (χ3n) is 2.91. The second-order valence-corrected chi connectivity index (χ2v) is 8.14. The molecule has 1 aromatic carbocycles. The topological polar surface area (TPSA) is 0 Å². The van der Waals surface area contributed by atoms with Crippen LogP contribution < -0.4 is 0 Å². The summed E-state index contributed by atoms with van der Waals surface area (Å²) >= 11 is 15.4. The van der Waals surface area contributed by atoms with Crippen molar-refractivity contribution in [3.05, 3.63) is 53.6 Å². The monoisotopic (exact) mass is 406 g/mol. The first-order valence-electron chi connectivity index (χ1n) is 5.56. The molecular formula is C14H13Br2ClS. The van der Waals surface area contributed by atoms with E-state index in [2.05, 4.69) is 70.8 Å². The van der Waals surface area contributed by atoms with Crippen molar-refractivity contribution in [3.8, 4) is 0 Å². The molecule has 0 aliphatic heterocycles. The summed E-state index contributed by atoms with van der Waals surface area (Å²) in [4.78, 5) is 1.16. The number of benzene rings is 1. The maximum absolute atomic E-state index is 6.65. The van der Waals surface area contributed by atoms with Gasteiger partial charge < -0.3 is 0 Å². The van der Waals surface area contributed by atoms with Crippen LogP contribution in [-0.4, -0.2) is 0 Å². The van der Waals surface area contributed by atoms with Crippen molar-refractivity contribution in [2.75, 3.05) is 0 Å². The lowest BCUT2D eigenvalue weighted by Crippen LogP contribution is -1.98. The van der Waals surface area contributed by atoms with Gasteiger partial charge in [0, 0.05) is 9.35 Å². The second kappa shape index (κ2) is 5.66. The van der Waals surface area contributed by atoms with E-state index in [1.165, 1.54) is 22.3 Å². The molecule has 1 aromatic heterocycles. The number of alkyl halides is 1. The Kier molecular flexibility index (Phi) is 4.58. The van der Waals surface area contributed by atoms with Crippen LogP contribution in [0.25, 0.3) is 0 Å². The summed E-state index contributed by atoms with van der Waals surface area (Å²) in [7, 11) is 0. The van der Waals surface area contributed by atoms with Gasteiger partial charge in [-0.1, -0.05) is 17.7 Å². The standard InChI is InChI=1S/C14H13Br2ClS/c1-7-4-8(2)12(9(3)5-7)13(17)11-6-10(15)14(16)18-11/h4-6,13H,1-3H3. The number of hydrogen-bond donors (Lipinski definition) is 0. The quantitative estimate of drug-likeness (QED) is 0.496. The Hall–Kier alpha value is 0.170. The Morgan fingerprint density at radius 2 is 1.61 bits per heavy atom. The molecule has 1 heterocycles. The number of thiophene rings is 1. The highest BCUT2D eigenvalue weighted by molar-refractivity contribution is 9.13. The van der Waals surface area contributed by atoms with Crippen LogP contribution in [-0.2, 0) is 0 Å². The third kappa shape index (κ3) is 2.84. The highest BCUT2D eigenvalue weighted by atomic mass is 79.9. The van der Waals surface area contributed by atoms with Crippen LogP contribution in [0.2, 0.25) is 0 Å². The van der Waals surface area contributed by atoms with Gasteiger partial charge in [-0.05, 0) is 75.4 Å². The van der Waals surface area contributed by atoms with E-state index in [0.717, 1.165) is 13.1 Å². The van der Waals surface area contributed by atoms with Crippen molar-refractivity contribution in [2.24, 2.45) is 0 Å². The van der Waals surface area contributed by atoms with Gasteiger partial charge in [-0.3, -0.25) is 0 Å². The Labute approximate surface area is 134 Å². The lowest BCUT2D eigenvalue weighted by atomic mass is 9.96. The highest BCUT2D eigenvalue weighted by Gasteiger charge is 2.19. The van der Waals surface area contributed by atoms with Crippen molar-refractivity contribution in [1.82, 2.24) is 0 Å². The van der Waals surface area contributed by atoms with E-state index in [1.807, 2.05) is 0 Å². The minimum Gasteiger partial charge on any atom is -0.130 e. The summed E-state index contributed by atoms with van der Waals surface area (Å²) in [5, 5.41) is -0.0850. The van der Waals surface area contributed by atoms with Gasteiger partial charge in [-0.25, -0.2) is 0 Å². The molecule has 0 fully saturated rings. The minimum absolute atomic E-state index is 0.0850. The zero-order valence-electron chi connectivity index (χ0n) is 10.4. The average Bonchev–Trinajstić information content (AvgIpc) is 2.57. The van der Waals surface area contributed by atoms with Gasteiger partial charge in [0.05, 0.1) is 9.16 Å². The second-order valence-electron chi connectivity index (χ2n) is 4.45. The van der Waals surface area contributed by atoms with E-state index < -0.39 is 0 Å². The maximum atomic E-state index is 6.65. The summed E-state index contributed by atoms with van der Waals surface area (Å²) in [6, 6.07) is 6.47. The van der Waals surface area contributed by atoms with Gasteiger partial charge in [-0.2, -0.15) is 0 Å². The zero-order valence-corrected chi connectivity index (χ0v) is 15.1. The largest absolute Gasteiger partial charge is 0.130 e. The molecule has 1 unspecified atom stereocenters. The maximum Gasteiger partial charge on any atom is 0.0933 e. The first kappa shape index (κ1) is 14.6. The van der Waals surface area contributed by atoms with Gasteiger partial charge in [-0.15, -0.1) is 22.9 Å². The summed E-state index contributed by atoms with van der Waals surface area (Å²) < 4.78 is 2.15. The number of rotatable bonds is 2. The molecule has 0 spiro atoms. The van der Waals surface area contributed by atoms with E-state index in [0.29, 0.717) is 0 Å². The van der Waals surface area contributed by atoms with Crippen LogP contribution >= 0.6 is 54.8 Å². The Morgan fingerprint density at radius 1 is 1.06 bits per heavy atom. The summed E-state index contributed by atoms with van der Waals surface area (Å²) in [5.74, 6) is 0. The van der Waals surface area contributed by atoms with Crippen LogP contribution in [0.3, 0.4) is 0 Å². The number of aryl methyl sites for hydroxylation is 3. The average molecular weight is 409 g/mol. The van der Waals surface area contributed by atoms with E-state index in [-0.39, 0.29) is 5.38 Å². The summed E-state index contributed by atoms with van der Waals surface area (Å²) in [6.45, 7) is 6.37. The van der Waals surface area contributed by atoms with Gasteiger partial charge in [0.2, 0.25) is 0 Å². The number of hydrogen-bond acceptors (Lipinski definition) is 1. The van der Waals surface area contributed by atoms with Crippen LogP contribution in [0.1, 0.15) is 32.5 Å². The SMILES string of the molecule is Cc1cc(C)c(C(Cl)c2cc(Br)c(Br)s2)c(C)c1. The molecule has 1 atom stereocenters. The van der Waals surface area contributed by atoms with Gasteiger partial charge >= 0.3 is 0 Å². The Balaban J connectivity index is 2.49. The molecule has 0 bridgehead atoms. The molecule has 0 nitrogen and oxygen atoms in total. The Morgan fingerprint density at radius 3 is 2.06 bits per heavy atom. The molecule has 0 aliphatic rings.